The maximum atomic E-state index is 11.0. The van der Waals surface area contributed by atoms with Crippen LogP contribution in [0.1, 0.15) is 19.4 Å². The zero-order valence-corrected chi connectivity index (χ0v) is 10.3. The minimum Gasteiger partial charge on any atom is -0.301 e. The lowest BCUT2D eigenvalue weighted by molar-refractivity contribution is -0.114. The third-order valence-corrected chi connectivity index (χ3v) is 3.22. The van der Waals surface area contributed by atoms with Crippen molar-refractivity contribution in [3.8, 4) is 10.6 Å². The second kappa shape index (κ2) is 3.83. The van der Waals surface area contributed by atoms with Gasteiger partial charge in [0, 0.05) is 12.4 Å². The highest BCUT2D eigenvalue weighted by Crippen LogP contribution is 2.26. The van der Waals surface area contributed by atoms with E-state index in [1.165, 1.54) is 0 Å². The van der Waals surface area contributed by atoms with E-state index in [-0.39, 0.29) is 0 Å². The molecule has 0 aliphatic rings. The largest absolute Gasteiger partial charge is 0.301 e. The highest BCUT2D eigenvalue weighted by Gasteiger charge is 2.22. The molecule has 0 atom stereocenters. The molecule has 0 N–H and O–H groups in total. The first-order chi connectivity index (χ1) is 7.54. The van der Waals surface area contributed by atoms with Gasteiger partial charge in [-0.3, -0.25) is 9.67 Å². The van der Waals surface area contributed by atoms with Crippen molar-refractivity contribution in [1.29, 1.82) is 0 Å². The van der Waals surface area contributed by atoms with Gasteiger partial charge < -0.3 is 4.79 Å². The Balaban J connectivity index is 2.48. The average molecular weight is 235 g/mol. The number of carbonyl (C=O) groups is 1. The average Bonchev–Trinajstić information content (AvgIpc) is 2.86. The Morgan fingerprint density at radius 2 is 2.25 bits per heavy atom. The highest BCUT2D eigenvalue weighted by atomic mass is 32.1. The molecule has 0 aliphatic carbocycles. The van der Waals surface area contributed by atoms with Gasteiger partial charge in [-0.25, -0.2) is 0 Å². The van der Waals surface area contributed by atoms with Gasteiger partial charge in [-0.15, -0.1) is 11.3 Å². The molecule has 2 aromatic rings. The summed E-state index contributed by atoms with van der Waals surface area (Å²) >= 11 is 1.55. The van der Waals surface area contributed by atoms with E-state index in [9.17, 15) is 4.79 Å². The summed E-state index contributed by atoms with van der Waals surface area (Å²) in [5, 5.41) is 4.45. The van der Waals surface area contributed by atoms with Crippen molar-refractivity contribution in [2.24, 2.45) is 0 Å². The van der Waals surface area contributed by atoms with E-state index in [2.05, 4.69) is 10.1 Å². The molecule has 84 valence electrons. The van der Waals surface area contributed by atoms with Crippen molar-refractivity contribution < 1.29 is 4.79 Å². The van der Waals surface area contributed by atoms with Crippen LogP contribution >= 0.6 is 11.3 Å². The van der Waals surface area contributed by atoms with Crippen LogP contribution in [0.5, 0.6) is 0 Å². The smallest absolute Gasteiger partial charge is 0.147 e. The monoisotopic (exact) mass is 235 g/mol. The van der Waals surface area contributed by atoms with Gasteiger partial charge in [-0.1, -0.05) is 0 Å². The number of aromatic nitrogens is 3. The Hall–Kier alpha value is -1.49. The molecule has 2 aromatic heterocycles. The Morgan fingerprint density at radius 1 is 1.50 bits per heavy atom. The van der Waals surface area contributed by atoms with Crippen molar-refractivity contribution in [2.45, 2.75) is 26.3 Å². The van der Waals surface area contributed by atoms with Crippen LogP contribution in [-0.4, -0.2) is 21.1 Å². The van der Waals surface area contributed by atoms with Crippen LogP contribution in [0.4, 0.5) is 0 Å². The van der Waals surface area contributed by atoms with Crippen LogP contribution in [0.25, 0.3) is 10.6 Å². The predicted molar refractivity (Wildman–Crippen MR) is 63.5 cm³/mol. The van der Waals surface area contributed by atoms with E-state index in [1.807, 2.05) is 27.0 Å². The molecular formula is C11H13N3OS. The van der Waals surface area contributed by atoms with E-state index in [4.69, 9.17) is 0 Å². The zero-order chi connectivity index (χ0) is 11.8. The van der Waals surface area contributed by atoms with Gasteiger partial charge in [0.15, 0.2) is 0 Å². The molecular weight excluding hydrogens is 222 g/mol. The molecule has 16 heavy (non-hydrogen) atoms. The van der Waals surface area contributed by atoms with Gasteiger partial charge in [0.1, 0.15) is 17.5 Å². The van der Waals surface area contributed by atoms with Crippen LogP contribution in [-0.2, 0) is 10.3 Å². The second-order valence-electron chi connectivity index (χ2n) is 4.24. The van der Waals surface area contributed by atoms with Gasteiger partial charge in [0.25, 0.3) is 0 Å². The number of hydrogen-bond acceptors (Lipinski definition) is 4. The molecule has 0 unspecified atom stereocenters. The molecule has 0 amide bonds. The molecule has 0 aromatic carbocycles. The maximum Gasteiger partial charge on any atom is 0.147 e. The Morgan fingerprint density at radius 3 is 2.81 bits per heavy atom. The van der Waals surface area contributed by atoms with Crippen molar-refractivity contribution in [3.63, 3.8) is 0 Å². The third kappa shape index (κ3) is 1.78. The number of rotatable bonds is 3. The lowest BCUT2D eigenvalue weighted by atomic mass is 10.1. The quantitative estimate of drug-likeness (QED) is 0.767. The van der Waals surface area contributed by atoms with Crippen molar-refractivity contribution in [1.82, 2.24) is 14.8 Å². The molecule has 0 fully saturated rings. The van der Waals surface area contributed by atoms with Crippen LogP contribution in [0.3, 0.4) is 0 Å². The standard InChI is InChI=1S/C11H13N3OS/c1-8-5-14(11(2,3)6-15)13-10(8)9-4-12-7-16-9/h4-7H,1-3H3. The van der Waals surface area contributed by atoms with E-state index in [0.717, 1.165) is 22.4 Å². The van der Waals surface area contributed by atoms with E-state index < -0.39 is 5.54 Å². The molecule has 0 saturated carbocycles. The minimum absolute atomic E-state index is 0.603. The fourth-order valence-electron chi connectivity index (χ4n) is 1.39. The third-order valence-electron chi connectivity index (χ3n) is 2.44. The summed E-state index contributed by atoms with van der Waals surface area (Å²) in [4.78, 5) is 16.0. The number of aldehydes is 1. The normalized spacial score (nSPS) is 11.7. The molecule has 5 heteroatoms. The van der Waals surface area contributed by atoms with Gasteiger partial charge in [0.05, 0.1) is 10.4 Å². The predicted octanol–water partition coefficient (Wildman–Crippen LogP) is 2.25. The summed E-state index contributed by atoms with van der Waals surface area (Å²) in [5.41, 5.74) is 3.13. The molecule has 0 radical (unpaired) electrons. The van der Waals surface area contributed by atoms with E-state index >= 15 is 0 Å². The lowest BCUT2D eigenvalue weighted by Gasteiger charge is -2.17. The lowest BCUT2D eigenvalue weighted by Crippen LogP contribution is -2.28. The fourth-order valence-corrected chi connectivity index (χ4v) is 2.06. The number of carbonyl (C=O) groups excluding carboxylic acids is 1. The molecule has 0 aliphatic heterocycles. The summed E-state index contributed by atoms with van der Waals surface area (Å²) in [6.07, 6.45) is 4.58. The molecule has 4 nitrogen and oxygen atoms in total. The number of thiazole rings is 1. The summed E-state index contributed by atoms with van der Waals surface area (Å²) in [5.74, 6) is 0. The molecule has 0 saturated heterocycles. The van der Waals surface area contributed by atoms with Crippen molar-refractivity contribution in [3.05, 3.63) is 23.5 Å². The minimum atomic E-state index is -0.603. The summed E-state index contributed by atoms with van der Waals surface area (Å²) in [7, 11) is 0. The molecule has 0 bridgehead atoms. The Bertz CT molecular complexity index is 499. The van der Waals surface area contributed by atoms with Gasteiger partial charge in [0.2, 0.25) is 0 Å². The van der Waals surface area contributed by atoms with Crippen LogP contribution in [0.15, 0.2) is 17.9 Å². The number of nitrogens with zero attached hydrogens (tertiary/aromatic N) is 3. The summed E-state index contributed by atoms with van der Waals surface area (Å²) < 4.78 is 1.70. The van der Waals surface area contributed by atoms with Gasteiger partial charge in [-0.05, 0) is 26.3 Å². The maximum absolute atomic E-state index is 11.0. The van der Waals surface area contributed by atoms with E-state index in [0.29, 0.717) is 0 Å². The highest BCUT2D eigenvalue weighted by molar-refractivity contribution is 7.13. The van der Waals surface area contributed by atoms with Crippen LogP contribution < -0.4 is 0 Å². The molecule has 2 rings (SSSR count). The molecule has 2 heterocycles. The zero-order valence-electron chi connectivity index (χ0n) is 9.47. The second-order valence-corrected chi connectivity index (χ2v) is 5.13. The van der Waals surface area contributed by atoms with Gasteiger partial charge >= 0.3 is 0 Å². The van der Waals surface area contributed by atoms with E-state index in [1.54, 1.807) is 27.7 Å². The topological polar surface area (TPSA) is 47.8 Å². The SMILES string of the molecule is Cc1cn(C(C)(C)C=O)nc1-c1cncs1. The van der Waals surface area contributed by atoms with Crippen molar-refractivity contribution >= 4 is 17.6 Å². The van der Waals surface area contributed by atoms with Crippen LogP contribution in [0.2, 0.25) is 0 Å². The first kappa shape index (κ1) is 11.0. The number of aryl methyl sites for hydroxylation is 1. The van der Waals surface area contributed by atoms with Crippen molar-refractivity contribution in [2.75, 3.05) is 0 Å². The summed E-state index contributed by atoms with van der Waals surface area (Å²) in [6, 6.07) is 0. The first-order valence-electron chi connectivity index (χ1n) is 4.96. The molecule has 0 spiro atoms. The first-order valence-corrected chi connectivity index (χ1v) is 5.84. The van der Waals surface area contributed by atoms with Gasteiger partial charge in [-0.2, -0.15) is 5.10 Å². The van der Waals surface area contributed by atoms with Crippen LogP contribution in [0, 0.1) is 6.92 Å². The Labute approximate surface area is 97.9 Å². The summed E-state index contributed by atoms with van der Waals surface area (Å²) in [6.45, 7) is 5.66. The number of hydrogen-bond donors (Lipinski definition) is 0. The fraction of sp³-hybridized carbons (Fsp3) is 0.364. The Kier molecular flexibility index (Phi) is 2.63.